The van der Waals surface area contributed by atoms with Crippen molar-refractivity contribution in [3.8, 4) is 22.2 Å². The van der Waals surface area contributed by atoms with Gasteiger partial charge in [0, 0.05) is 22.7 Å². The van der Waals surface area contributed by atoms with E-state index in [0.29, 0.717) is 17.6 Å². The summed E-state index contributed by atoms with van der Waals surface area (Å²) < 4.78 is 5.31. The molecule has 5 nitrogen and oxygen atoms in total. The number of hydrogen-bond acceptors (Lipinski definition) is 5. The van der Waals surface area contributed by atoms with E-state index in [-0.39, 0.29) is 5.56 Å². The molecule has 0 aliphatic carbocycles. The zero-order chi connectivity index (χ0) is 14.8. The largest absolute Gasteiger partial charge is 0.333 e. The van der Waals surface area contributed by atoms with Crippen LogP contribution in [0.25, 0.3) is 22.2 Å². The first-order valence-corrected chi connectivity index (χ1v) is 7.55. The van der Waals surface area contributed by atoms with Gasteiger partial charge in [0.05, 0.1) is 4.88 Å². The average Bonchev–Trinajstić information content (AvgIpc) is 3.07. The van der Waals surface area contributed by atoms with E-state index in [0.717, 1.165) is 16.9 Å². The summed E-state index contributed by atoms with van der Waals surface area (Å²) in [6.45, 7) is 4.39. The maximum Gasteiger partial charge on any atom is 0.268 e. The van der Waals surface area contributed by atoms with E-state index < -0.39 is 0 Å². The van der Waals surface area contributed by atoms with Crippen LogP contribution in [0.15, 0.2) is 39.8 Å². The third-order valence-corrected chi connectivity index (χ3v) is 4.05. The lowest BCUT2D eigenvalue weighted by molar-refractivity contribution is 0.433. The van der Waals surface area contributed by atoms with E-state index in [2.05, 4.69) is 35.0 Å². The number of aromatic nitrogens is 3. The summed E-state index contributed by atoms with van der Waals surface area (Å²) in [7, 11) is 0. The predicted octanol–water partition coefficient (Wildman–Crippen LogP) is 3.35. The van der Waals surface area contributed by atoms with Crippen LogP contribution in [-0.2, 0) is 6.42 Å². The highest BCUT2D eigenvalue weighted by Gasteiger charge is 2.13. The van der Waals surface area contributed by atoms with Crippen LogP contribution in [0, 0.1) is 5.92 Å². The fourth-order valence-corrected chi connectivity index (χ4v) is 3.14. The Bertz CT molecular complexity index is 781. The lowest BCUT2D eigenvalue weighted by Gasteiger charge is -1.99. The van der Waals surface area contributed by atoms with Gasteiger partial charge in [-0.05, 0) is 30.5 Å². The smallest absolute Gasteiger partial charge is 0.268 e. The molecule has 0 atom stereocenters. The summed E-state index contributed by atoms with van der Waals surface area (Å²) in [5.41, 5.74) is 0.572. The number of nitrogens with one attached hydrogen (secondary N) is 1. The van der Waals surface area contributed by atoms with Gasteiger partial charge in [-0.25, -0.2) is 0 Å². The van der Waals surface area contributed by atoms with Gasteiger partial charge in [0.1, 0.15) is 0 Å². The first-order chi connectivity index (χ1) is 10.1. The Morgan fingerprint density at radius 1 is 1.29 bits per heavy atom. The van der Waals surface area contributed by atoms with Gasteiger partial charge < -0.3 is 9.51 Å². The SMILES string of the molecule is CC(C)Cc1ccc(-c2nc(-c3ccc(=O)[nH]c3)no2)s1. The third-order valence-electron chi connectivity index (χ3n) is 2.95. The second-order valence-electron chi connectivity index (χ2n) is 5.23. The van der Waals surface area contributed by atoms with Gasteiger partial charge in [-0.3, -0.25) is 4.79 Å². The van der Waals surface area contributed by atoms with Crippen LogP contribution in [0.2, 0.25) is 0 Å². The van der Waals surface area contributed by atoms with Crippen molar-refractivity contribution in [2.24, 2.45) is 5.92 Å². The van der Waals surface area contributed by atoms with Gasteiger partial charge in [-0.2, -0.15) is 4.98 Å². The molecule has 6 heteroatoms. The van der Waals surface area contributed by atoms with E-state index in [1.807, 2.05) is 6.07 Å². The van der Waals surface area contributed by atoms with Crippen molar-refractivity contribution < 1.29 is 4.52 Å². The van der Waals surface area contributed by atoms with Gasteiger partial charge in [-0.1, -0.05) is 19.0 Å². The molecule has 0 saturated heterocycles. The minimum absolute atomic E-state index is 0.154. The van der Waals surface area contributed by atoms with E-state index in [4.69, 9.17) is 4.52 Å². The minimum Gasteiger partial charge on any atom is -0.333 e. The Morgan fingerprint density at radius 2 is 2.14 bits per heavy atom. The summed E-state index contributed by atoms with van der Waals surface area (Å²) in [5, 5.41) is 3.96. The summed E-state index contributed by atoms with van der Waals surface area (Å²) in [6, 6.07) is 7.22. The number of H-pyrrole nitrogens is 1. The zero-order valence-electron chi connectivity index (χ0n) is 11.8. The van der Waals surface area contributed by atoms with Crippen LogP contribution >= 0.6 is 11.3 Å². The molecule has 0 aliphatic rings. The number of aromatic amines is 1. The first-order valence-electron chi connectivity index (χ1n) is 6.74. The number of thiophene rings is 1. The Morgan fingerprint density at radius 3 is 2.86 bits per heavy atom. The van der Waals surface area contributed by atoms with Crippen LogP contribution in [-0.4, -0.2) is 15.1 Å². The molecule has 0 saturated carbocycles. The highest BCUT2D eigenvalue weighted by Crippen LogP contribution is 2.29. The first kappa shape index (κ1) is 13.8. The highest BCUT2D eigenvalue weighted by atomic mass is 32.1. The Hall–Kier alpha value is -2.21. The molecule has 0 radical (unpaired) electrons. The molecule has 0 spiro atoms. The number of pyridine rings is 1. The standard InChI is InChI=1S/C15H15N3O2S/c1-9(2)7-11-4-5-12(21-11)15-17-14(18-20-15)10-3-6-13(19)16-8-10/h3-6,8-9H,7H2,1-2H3,(H,16,19). The van der Waals surface area contributed by atoms with Crippen molar-refractivity contribution in [3.05, 3.63) is 45.7 Å². The third kappa shape index (κ3) is 3.11. The van der Waals surface area contributed by atoms with Crippen LogP contribution in [0.3, 0.4) is 0 Å². The maximum absolute atomic E-state index is 11.1. The van der Waals surface area contributed by atoms with E-state index in [1.165, 1.54) is 10.9 Å². The van der Waals surface area contributed by atoms with Crippen molar-refractivity contribution >= 4 is 11.3 Å². The molecule has 0 unspecified atom stereocenters. The molecular formula is C15H15N3O2S. The van der Waals surface area contributed by atoms with E-state index in [1.54, 1.807) is 23.6 Å². The topological polar surface area (TPSA) is 71.8 Å². The van der Waals surface area contributed by atoms with Gasteiger partial charge in [0.15, 0.2) is 0 Å². The summed E-state index contributed by atoms with van der Waals surface area (Å²) >= 11 is 1.67. The molecular weight excluding hydrogens is 286 g/mol. The molecule has 21 heavy (non-hydrogen) atoms. The van der Waals surface area contributed by atoms with Crippen molar-refractivity contribution in [1.29, 1.82) is 0 Å². The molecule has 3 aromatic heterocycles. The van der Waals surface area contributed by atoms with Gasteiger partial charge in [-0.15, -0.1) is 11.3 Å². The number of nitrogens with zero attached hydrogens (tertiary/aromatic N) is 2. The van der Waals surface area contributed by atoms with Gasteiger partial charge in [0.2, 0.25) is 11.4 Å². The minimum atomic E-state index is -0.154. The fourth-order valence-electron chi connectivity index (χ4n) is 2.00. The van der Waals surface area contributed by atoms with Crippen LogP contribution in [0.4, 0.5) is 0 Å². The van der Waals surface area contributed by atoms with E-state index in [9.17, 15) is 4.79 Å². The lowest BCUT2D eigenvalue weighted by Crippen LogP contribution is -2.01. The Balaban J connectivity index is 1.86. The van der Waals surface area contributed by atoms with Crippen LogP contribution in [0.5, 0.6) is 0 Å². The maximum atomic E-state index is 11.1. The average molecular weight is 301 g/mol. The molecule has 0 fully saturated rings. The molecule has 0 aliphatic heterocycles. The molecule has 3 heterocycles. The molecule has 3 rings (SSSR count). The van der Waals surface area contributed by atoms with Crippen molar-refractivity contribution in [2.45, 2.75) is 20.3 Å². The molecule has 1 N–H and O–H groups in total. The van der Waals surface area contributed by atoms with Crippen LogP contribution < -0.4 is 5.56 Å². The summed E-state index contributed by atoms with van der Waals surface area (Å²) in [5.74, 6) is 1.60. The molecule has 0 bridgehead atoms. The van der Waals surface area contributed by atoms with Gasteiger partial charge >= 0.3 is 0 Å². The summed E-state index contributed by atoms with van der Waals surface area (Å²) in [4.78, 5) is 20.3. The lowest BCUT2D eigenvalue weighted by atomic mass is 10.1. The Kier molecular flexibility index (Phi) is 3.70. The zero-order valence-corrected chi connectivity index (χ0v) is 12.6. The highest BCUT2D eigenvalue weighted by molar-refractivity contribution is 7.15. The Labute approximate surface area is 125 Å². The number of rotatable bonds is 4. The molecule has 0 aromatic carbocycles. The van der Waals surface area contributed by atoms with Crippen LogP contribution in [0.1, 0.15) is 18.7 Å². The van der Waals surface area contributed by atoms with Crippen molar-refractivity contribution in [2.75, 3.05) is 0 Å². The molecule has 108 valence electrons. The normalized spacial score (nSPS) is 11.2. The van der Waals surface area contributed by atoms with E-state index >= 15 is 0 Å². The number of hydrogen-bond donors (Lipinski definition) is 1. The quantitative estimate of drug-likeness (QED) is 0.802. The second kappa shape index (κ2) is 5.65. The van der Waals surface area contributed by atoms with Crippen molar-refractivity contribution in [1.82, 2.24) is 15.1 Å². The predicted molar refractivity (Wildman–Crippen MR) is 82.2 cm³/mol. The van der Waals surface area contributed by atoms with Crippen molar-refractivity contribution in [3.63, 3.8) is 0 Å². The fraction of sp³-hybridized carbons (Fsp3) is 0.267. The monoisotopic (exact) mass is 301 g/mol. The second-order valence-corrected chi connectivity index (χ2v) is 6.40. The summed E-state index contributed by atoms with van der Waals surface area (Å²) in [6.07, 6.45) is 2.63. The van der Waals surface area contributed by atoms with Gasteiger partial charge in [0.25, 0.3) is 5.89 Å². The molecule has 3 aromatic rings. The molecule has 0 amide bonds.